The Bertz CT molecular complexity index is 708. The number of carbonyl (C=O) groups excluding carboxylic acids is 1. The van der Waals surface area contributed by atoms with Gasteiger partial charge in [0.05, 0.1) is 20.2 Å². The molecular formula is C13H9Br2ClN2O2S. The molecule has 8 heteroatoms. The van der Waals surface area contributed by atoms with Crippen LogP contribution in [0, 0.1) is 6.92 Å². The third-order valence-electron chi connectivity index (χ3n) is 2.52. The van der Waals surface area contributed by atoms with Crippen molar-refractivity contribution in [1.29, 1.82) is 0 Å². The van der Waals surface area contributed by atoms with Crippen LogP contribution in [0.25, 0.3) is 0 Å². The van der Waals surface area contributed by atoms with E-state index < -0.39 is 0 Å². The van der Waals surface area contributed by atoms with Gasteiger partial charge in [-0.25, -0.2) is 5.43 Å². The Balaban J connectivity index is 2.09. The topological polar surface area (TPSA) is 61.7 Å². The second-order valence-corrected chi connectivity index (χ2v) is 7.06. The third kappa shape index (κ3) is 3.85. The fourth-order valence-corrected chi connectivity index (χ4v) is 3.85. The molecule has 0 unspecified atom stereocenters. The Kier molecular flexibility index (Phi) is 5.43. The van der Waals surface area contributed by atoms with Gasteiger partial charge in [0.1, 0.15) is 10.6 Å². The summed E-state index contributed by atoms with van der Waals surface area (Å²) in [5.41, 5.74) is 3.99. The van der Waals surface area contributed by atoms with Crippen molar-refractivity contribution >= 4 is 66.9 Å². The Labute approximate surface area is 147 Å². The normalized spacial score (nSPS) is 11.0. The van der Waals surface area contributed by atoms with E-state index in [0.29, 0.717) is 24.4 Å². The minimum atomic E-state index is -0.355. The molecule has 0 atom stereocenters. The molecule has 0 bridgehead atoms. The van der Waals surface area contributed by atoms with E-state index in [2.05, 4.69) is 42.4 Å². The number of rotatable bonds is 3. The van der Waals surface area contributed by atoms with Crippen molar-refractivity contribution in [2.45, 2.75) is 6.92 Å². The molecule has 0 aliphatic heterocycles. The maximum absolute atomic E-state index is 11.9. The number of hydrazone groups is 1. The van der Waals surface area contributed by atoms with Crippen LogP contribution in [0.5, 0.6) is 5.75 Å². The molecule has 4 nitrogen and oxygen atoms in total. The lowest BCUT2D eigenvalue weighted by atomic mass is 10.2. The molecule has 2 N–H and O–H groups in total. The van der Waals surface area contributed by atoms with Gasteiger partial charge in [-0.05, 0) is 67.4 Å². The number of thiophene rings is 1. The number of phenols is 1. The van der Waals surface area contributed by atoms with Crippen molar-refractivity contribution in [2.75, 3.05) is 0 Å². The highest BCUT2D eigenvalue weighted by atomic mass is 79.9. The van der Waals surface area contributed by atoms with Crippen molar-refractivity contribution in [1.82, 2.24) is 5.43 Å². The quantitative estimate of drug-likeness (QED) is 0.524. The average molecular weight is 453 g/mol. The number of phenolic OH excluding ortho intramolecular Hbond substituents is 1. The van der Waals surface area contributed by atoms with Gasteiger partial charge in [0.25, 0.3) is 5.91 Å². The summed E-state index contributed by atoms with van der Waals surface area (Å²) >= 11 is 13.7. The van der Waals surface area contributed by atoms with E-state index in [-0.39, 0.29) is 11.7 Å². The molecule has 0 radical (unpaired) electrons. The van der Waals surface area contributed by atoms with Crippen LogP contribution in [0.3, 0.4) is 0 Å². The number of aromatic hydroxyl groups is 1. The maximum Gasteiger partial charge on any atom is 0.282 e. The van der Waals surface area contributed by atoms with Crippen LogP contribution in [0.1, 0.15) is 20.8 Å². The molecule has 1 aromatic carbocycles. The van der Waals surface area contributed by atoms with Crippen molar-refractivity contribution < 1.29 is 9.90 Å². The Morgan fingerprint density at radius 2 is 2.05 bits per heavy atom. The van der Waals surface area contributed by atoms with Gasteiger partial charge in [-0.3, -0.25) is 4.79 Å². The molecule has 1 heterocycles. The van der Waals surface area contributed by atoms with Crippen molar-refractivity contribution in [3.63, 3.8) is 0 Å². The summed E-state index contributed by atoms with van der Waals surface area (Å²) in [4.78, 5) is 12.3. The van der Waals surface area contributed by atoms with E-state index in [4.69, 9.17) is 11.6 Å². The first kappa shape index (κ1) is 16.5. The molecule has 2 rings (SSSR count). The molecule has 1 amide bonds. The van der Waals surface area contributed by atoms with Crippen molar-refractivity contribution in [3.8, 4) is 5.75 Å². The number of nitrogens with one attached hydrogen (secondary N) is 1. The highest BCUT2D eigenvalue weighted by Crippen LogP contribution is 2.32. The first-order chi connectivity index (χ1) is 9.90. The summed E-state index contributed by atoms with van der Waals surface area (Å²) in [6.45, 7) is 1.84. The summed E-state index contributed by atoms with van der Waals surface area (Å²) in [7, 11) is 0. The van der Waals surface area contributed by atoms with E-state index in [1.807, 2.05) is 12.3 Å². The predicted octanol–water partition coefficient (Wildman–Crippen LogP) is 4.70. The molecule has 110 valence electrons. The third-order valence-corrected chi connectivity index (χ3v) is 5.43. The lowest BCUT2D eigenvalue weighted by Gasteiger charge is -2.02. The Morgan fingerprint density at radius 1 is 1.43 bits per heavy atom. The summed E-state index contributed by atoms with van der Waals surface area (Å²) in [5.74, 6) is -0.247. The van der Waals surface area contributed by atoms with E-state index in [9.17, 15) is 9.90 Å². The number of nitrogens with zero attached hydrogens (tertiary/aromatic N) is 1. The van der Waals surface area contributed by atoms with Gasteiger partial charge >= 0.3 is 0 Å². The van der Waals surface area contributed by atoms with E-state index >= 15 is 0 Å². The SMILES string of the molecule is Cc1csc(C(=O)NN=Cc2cc(Br)c(O)c(Br)c2)c1Cl. The maximum atomic E-state index is 11.9. The first-order valence-electron chi connectivity index (χ1n) is 5.65. The number of halogens is 3. The Morgan fingerprint density at radius 3 is 2.57 bits per heavy atom. The van der Waals surface area contributed by atoms with Crippen LogP contribution in [0.2, 0.25) is 5.02 Å². The second kappa shape index (κ2) is 6.91. The molecule has 0 saturated carbocycles. The molecule has 21 heavy (non-hydrogen) atoms. The molecule has 0 saturated heterocycles. The lowest BCUT2D eigenvalue weighted by molar-refractivity contribution is 0.0959. The fraction of sp³-hybridized carbons (Fsp3) is 0.0769. The molecule has 0 aliphatic rings. The standard InChI is InChI=1S/C13H9Br2ClN2O2S/c1-6-5-21-12(10(6)16)13(20)18-17-4-7-2-8(14)11(19)9(15)3-7/h2-5,19H,1H3,(H,18,20). The zero-order valence-electron chi connectivity index (χ0n) is 10.7. The number of hydrogen-bond donors (Lipinski definition) is 2. The minimum absolute atomic E-state index is 0.108. The van der Waals surface area contributed by atoms with Crippen molar-refractivity contribution in [2.24, 2.45) is 5.10 Å². The Hall–Kier alpha value is -0.890. The van der Waals surface area contributed by atoms with Crippen LogP contribution in [0.15, 0.2) is 31.6 Å². The first-order valence-corrected chi connectivity index (χ1v) is 8.49. The van der Waals surface area contributed by atoms with Gasteiger partial charge in [0, 0.05) is 0 Å². The molecular weight excluding hydrogens is 443 g/mol. The number of amides is 1. The van der Waals surface area contributed by atoms with Gasteiger partial charge in [0.2, 0.25) is 0 Å². The van der Waals surface area contributed by atoms with Gasteiger partial charge < -0.3 is 5.11 Å². The number of benzene rings is 1. The van der Waals surface area contributed by atoms with Crippen LogP contribution in [0.4, 0.5) is 0 Å². The van der Waals surface area contributed by atoms with E-state index in [0.717, 1.165) is 5.56 Å². The van der Waals surface area contributed by atoms with Crippen molar-refractivity contribution in [3.05, 3.63) is 47.5 Å². The molecule has 0 spiro atoms. The minimum Gasteiger partial charge on any atom is -0.506 e. The van der Waals surface area contributed by atoms with E-state index in [1.54, 1.807) is 12.1 Å². The summed E-state index contributed by atoms with van der Waals surface area (Å²) in [6.07, 6.45) is 1.47. The zero-order valence-corrected chi connectivity index (χ0v) is 15.4. The molecule has 2 aromatic rings. The molecule has 0 aliphatic carbocycles. The van der Waals surface area contributed by atoms with E-state index in [1.165, 1.54) is 17.6 Å². The van der Waals surface area contributed by atoms with Gasteiger partial charge in [-0.1, -0.05) is 11.6 Å². The van der Waals surface area contributed by atoms with Gasteiger partial charge in [0.15, 0.2) is 0 Å². The summed E-state index contributed by atoms with van der Waals surface area (Å²) in [6, 6.07) is 3.36. The lowest BCUT2D eigenvalue weighted by Crippen LogP contribution is -2.16. The number of hydrogen-bond acceptors (Lipinski definition) is 4. The molecule has 1 aromatic heterocycles. The van der Waals surface area contributed by atoms with Crippen LogP contribution in [-0.4, -0.2) is 17.2 Å². The smallest absolute Gasteiger partial charge is 0.282 e. The second-order valence-electron chi connectivity index (χ2n) is 4.09. The number of carbonyl (C=O) groups is 1. The van der Waals surface area contributed by atoms with Crippen LogP contribution >= 0.6 is 54.8 Å². The van der Waals surface area contributed by atoms with Crippen LogP contribution in [-0.2, 0) is 0 Å². The largest absolute Gasteiger partial charge is 0.506 e. The van der Waals surface area contributed by atoms with Crippen LogP contribution < -0.4 is 5.43 Å². The predicted molar refractivity (Wildman–Crippen MR) is 92.6 cm³/mol. The fourth-order valence-electron chi connectivity index (χ4n) is 1.46. The zero-order chi connectivity index (χ0) is 15.6. The highest BCUT2D eigenvalue weighted by Gasteiger charge is 2.13. The highest BCUT2D eigenvalue weighted by molar-refractivity contribution is 9.11. The monoisotopic (exact) mass is 450 g/mol. The average Bonchev–Trinajstić information content (AvgIpc) is 2.76. The summed E-state index contributed by atoms with van der Waals surface area (Å²) in [5, 5.41) is 15.7. The van der Waals surface area contributed by atoms with Gasteiger partial charge in [-0.15, -0.1) is 11.3 Å². The number of aryl methyl sites for hydroxylation is 1. The van der Waals surface area contributed by atoms with Gasteiger partial charge in [-0.2, -0.15) is 5.10 Å². The summed E-state index contributed by atoms with van der Waals surface area (Å²) < 4.78 is 1.06. The molecule has 0 fully saturated rings.